The SMILES string of the molecule is COc1cccc(CN2CCC(N3CCNCC3)C2)c1OC(F)F. The summed E-state index contributed by atoms with van der Waals surface area (Å²) in [5.74, 6) is 0.506. The van der Waals surface area contributed by atoms with Crippen molar-refractivity contribution in [2.45, 2.75) is 25.6 Å². The van der Waals surface area contributed by atoms with E-state index in [9.17, 15) is 8.78 Å². The number of hydrogen-bond donors (Lipinski definition) is 1. The highest BCUT2D eigenvalue weighted by Gasteiger charge is 2.29. The first-order valence-electron chi connectivity index (χ1n) is 8.45. The fraction of sp³-hybridized carbons (Fsp3) is 0.647. The van der Waals surface area contributed by atoms with E-state index < -0.39 is 6.61 Å². The molecule has 24 heavy (non-hydrogen) atoms. The van der Waals surface area contributed by atoms with Crippen molar-refractivity contribution >= 4 is 0 Å². The summed E-state index contributed by atoms with van der Waals surface area (Å²) >= 11 is 0. The summed E-state index contributed by atoms with van der Waals surface area (Å²) in [6.45, 7) is 3.92. The van der Waals surface area contributed by atoms with Gasteiger partial charge in [0.25, 0.3) is 0 Å². The van der Waals surface area contributed by atoms with Gasteiger partial charge >= 0.3 is 6.61 Å². The molecule has 0 aromatic heterocycles. The second-order valence-electron chi connectivity index (χ2n) is 6.29. The number of para-hydroxylation sites is 1. The van der Waals surface area contributed by atoms with E-state index in [4.69, 9.17) is 9.47 Å². The number of likely N-dealkylation sites (tertiary alicyclic amines) is 1. The molecule has 1 aromatic carbocycles. The van der Waals surface area contributed by atoms with Crippen LogP contribution in [0.1, 0.15) is 12.0 Å². The van der Waals surface area contributed by atoms with Crippen LogP contribution in [-0.2, 0) is 6.54 Å². The van der Waals surface area contributed by atoms with Crippen LogP contribution in [0.25, 0.3) is 0 Å². The number of ether oxygens (including phenoxy) is 2. The molecule has 0 radical (unpaired) electrons. The van der Waals surface area contributed by atoms with Crippen molar-refractivity contribution in [3.8, 4) is 11.5 Å². The van der Waals surface area contributed by atoms with Crippen LogP contribution in [-0.4, -0.2) is 68.8 Å². The minimum Gasteiger partial charge on any atom is -0.493 e. The molecule has 2 heterocycles. The smallest absolute Gasteiger partial charge is 0.387 e. The molecule has 0 amide bonds. The van der Waals surface area contributed by atoms with Crippen LogP contribution in [0.15, 0.2) is 18.2 Å². The van der Waals surface area contributed by atoms with Crippen LogP contribution in [0, 0.1) is 0 Å². The van der Waals surface area contributed by atoms with Crippen LogP contribution in [0.4, 0.5) is 8.78 Å². The average Bonchev–Trinajstić information content (AvgIpc) is 3.05. The lowest BCUT2D eigenvalue weighted by Gasteiger charge is -2.32. The van der Waals surface area contributed by atoms with Gasteiger partial charge in [-0.05, 0) is 12.5 Å². The van der Waals surface area contributed by atoms with E-state index in [2.05, 4.69) is 15.1 Å². The van der Waals surface area contributed by atoms with E-state index in [1.807, 2.05) is 12.1 Å². The van der Waals surface area contributed by atoms with Crippen molar-refractivity contribution in [3.05, 3.63) is 23.8 Å². The molecule has 0 spiro atoms. The lowest BCUT2D eigenvalue weighted by atomic mass is 10.1. The third-order valence-electron chi connectivity index (χ3n) is 4.80. The molecule has 3 rings (SSSR count). The van der Waals surface area contributed by atoms with Gasteiger partial charge in [0.05, 0.1) is 7.11 Å². The maximum atomic E-state index is 12.7. The Bertz CT molecular complexity index is 539. The molecule has 2 fully saturated rings. The predicted molar refractivity (Wildman–Crippen MR) is 87.8 cm³/mol. The Balaban J connectivity index is 1.65. The molecule has 7 heteroatoms. The van der Waals surface area contributed by atoms with Crippen LogP contribution in [0.5, 0.6) is 11.5 Å². The fourth-order valence-electron chi connectivity index (χ4n) is 3.61. The lowest BCUT2D eigenvalue weighted by molar-refractivity contribution is -0.0521. The first-order valence-corrected chi connectivity index (χ1v) is 8.45. The normalized spacial score (nSPS) is 22.9. The average molecular weight is 341 g/mol. The largest absolute Gasteiger partial charge is 0.493 e. The predicted octanol–water partition coefficient (Wildman–Crippen LogP) is 1.78. The van der Waals surface area contributed by atoms with Gasteiger partial charge in [0, 0.05) is 57.4 Å². The maximum Gasteiger partial charge on any atom is 0.387 e. The second kappa shape index (κ2) is 8.09. The molecule has 0 saturated carbocycles. The highest BCUT2D eigenvalue weighted by atomic mass is 19.3. The lowest BCUT2D eigenvalue weighted by Crippen LogP contribution is -2.49. The summed E-state index contributed by atoms with van der Waals surface area (Å²) in [7, 11) is 1.47. The molecular formula is C17H25F2N3O2. The molecule has 1 atom stereocenters. The van der Waals surface area contributed by atoms with Crippen LogP contribution in [0.2, 0.25) is 0 Å². The number of alkyl halides is 2. The first kappa shape index (κ1) is 17.4. The monoisotopic (exact) mass is 341 g/mol. The van der Waals surface area contributed by atoms with Crippen molar-refractivity contribution in [1.29, 1.82) is 0 Å². The van der Waals surface area contributed by atoms with E-state index in [0.717, 1.165) is 51.3 Å². The summed E-state index contributed by atoms with van der Waals surface area (Å²) < 4.78 is 35.4. The third-order valence-corrected chi connectivity index (χ3v) is 4.80. The van der Waals surface area contributed by atoms with Gasteiger partial charge in [0.15, 0.2) is 11.5 Å². The Hall–Kier alpha value is -1.44. The van der Waals surface area contributed by atoms with Gasteiger partial charge in [-0.3, -0.25) is 9.80 Å². The fourth-order valence-corrected chi connectivity index (χ4v) is 3.61. The third kappa shape index (κ3) is 4.15. The van der Waals surface area contributed by atoms with Gasteiger partial charge in [-0.2, -0.15) is 8.78 Å². The summed E-state index contributed by atoms with van der Waals surface area (Å²) in [4.78, 5) is 4.83. The second-order valence-corrected chi connectivity index (χ2v) is 6.29. The van der Waals surface area contributed by atoms with E-state index in [-0.39, 0.29) is 5.75 Å². The van der Waals surface area contributed by atoms with E-state index >= 15 is 0 Å². The summed E-state index contributed by atoms with van der Waals surface area (Å²) in [5, 5.41) is 3.37. The highest BCUT2D eigenvalue weighted by molar-refractivity contribution is 5.46. The van der Waals surface area contributed by atoms with Gasteiger partial charge < -0.3 is 14.8 Å². The molecule has 1 N–H and O–H groups in total. The number of nitrogens with zero attached hydrogens (tertiary/aromatic N) is 2. The minimum absolute atomic E-state index is 0.153. The number of piperazine rings is 1. The molecule has 0 aliphatic carbocycles. The van der Waals surface area contributed by atoms with E-state index in [1.54, 1.807) is 6.07 Å². The molecule has 2 aliphatic rings. The Kier molecular flexibility index (Phi) is 5.86. The number of rotatable bonds is 6. The summed E-state index contributed by atoms with van der Waals surface area (Å²) in [6.07, 6.45) is 1.12. The van der Waals surface area contributed by atoms with Crippen molar-refractivity contribution < 1.29 is 18.3 Å². The van der Waals surface area contributed by atoms with Crippen molar-refractivity contribution in [2.75, 3.05) is 46.4 Å². The van der Waals surface area contributed by atoms with Crippen molar-refractivity contribution in [2.24, 2.45) is 0 Å². The Morgan fingerprint density at radius 3 is 2.75 bits per heavy atom. The summed E-state index contributed by atoms with van der Waals surface area (Å²) in [5.41, 5.74) is 0.746. The molecule has 134 valence electrons. The topological polar surface area (TPSA) is 37.0 Å². The zero-order chi connectivity index (χ0) is 16.9. The van der Waals surface area contributed by atoms with Crippen molar-refractivity contribution in [3.63, 3.8) is 0 Å². The molecule has 1 aromatic rings. The quantitative estimate of drug-likeness (QED) is 0.854. The molecule has 1 unspecified atom stereocenters. The number of benzene rings is 1. The van der Waals surface area contributed by atoms with Crippen LogP contribution < -0.4 is 14.8 Å². The maximum absolute atomic E-state index is 12.7. The Labute approximate surface area is 141 Å². The summed E-state index contributed by atoms with van der Waals surface area (Å²) in [6, 6.07) is 5.85. The molecule has 0 bridgehead atoms. The highest BCUT2D eigenvalue weighted by Crippen LogP contribution is 2.34. The first-order chi connectivity index (χ1) is 11.7. The van der Waals surface area contributed by atoms with E-state index in [1.165, 1.54) is 7.11 Å². The van der Waals surface area contributed by atoms with Gasteiger partial charge in [0.2, 0.25) is 0 Å². The minimum atomic E-state index is -2.85. The van der Waals surface area contributed by atoms with Gasteiger partial charge in [-0.1, -0.05) is 12.1 Å². The Morgan fingerprint density at radius 2 is 2.04 bits per heavy atom. The molecular weight excluding hydrogens is 316 g/mol. The molecule has 2 aliphatic heterocycles. The zero-order valence-electron chi connectivity index (χ0n) is 14.0. The van der Waals surface area contributed by atoms with Gasteiger partial charge in [-0.25, -0.2) is 0 Å². The van der Waals surface area contributed by atoms with Crippen molar-refractivity contribution in [1.82, 2.24) is 15.1 Å². The number of hydrogen-bond acceptors (Lipinski definition) is 5. The number of halogens is 2. The number of methoxy groups -OCH3 is 1. The van der Waals surface area contributed by atoms with Crippen LogP contribution in [0.3, 0.4) is 0 Å². The van der Waals surface area contributed by atoms with Crippen LogP contribution >= 0.6 is 0 Å². The van der Waals surface area contributed by atoms with E-state index in [0.29, 0.717) is 18.3 Å². The van der Waals surface area contributed by atoms with Gasteiger partial charge in [-0.15, -0.1) is 0 Å². The Morgan fingerprint density at radius 1 is 1.25 bits per heavy atom. The zero-order valence-corrected chi connectivity index (χ0v) is 14.0. The molecule has 5 nitrogen and oxygen atoms in total. The number of nitrogens with one attached hydrogen (secondary N) is 1. The standard InChI is InChI=1S/C17H25F2N3O2/c1-23-15-4-2-3-13(16(15)24-17(18)19)11-21-8-5-14(12-21)22-9-6-20-7-10-22/h2-4,14,17,20H,5-12H2,1H3. The van der Waals surface area contributed by atoms with Gasteiger partial charge in [0.1, 0.15) is 0 Å². The molecule has 2 saturated heterocycles.